The molecule has 2 N–H and O–H groups in total. The predicted molar refractivity (Wildman–Crippen MR) is 131 cm³/mol. The van der Waals surface area contributed by atoms with Crippen LogP contribution in [-0.4, -0.2) is 74.6 Å². The van der Waals surface area contributed by atoms with Crippen molar-refractivity contribution in [3.05, 3.63) is 59.6 Å². The minimum absolute atomic E-state index is 0.0681. The Morgan fingerprint density at radius 2 is 2.08 bits per heavy atom. The summed E-state index contributed by atoms with van der Waals surface area (Å²) >= 11 is 6.25. The summed E-state index contributed by atoms with van der Waals surface area (Å²) in [6.45, 7) is 2.24. The first-order valence-corrected chi connectivity index (χ1v) is 11.5. The van der Waals surface area contributed by atoms with Crippen LogP contribution in [0.4, 0.5) is 5.69 Å². The molecule has 36 heavy (non-hydrogen) atoms. The van der Waals surface area contributed by atoms with Crippen molar-refractivity contribution in [2.45, 2.75) is 6.54 Å². The van der Waals surface area contributed by atoms with Gasteiger partial charge in [-0.1, -0.05) is 11.6 Å². The summed E-state index contributed by atoms with van der Waals surface area (Å²) in [4.78, 5) is 30.1. The zero-order chi connectivity index (χ0) is 25.1. The quantitative estimate of drug-likeness (QED) is 0.385. The minimum atomic E-state index is -0.428. The fraction of sp³-hybridized carbons (Fsp3) is 0.261. The molecular weight excluding hydrogens is 488 g/mol. The van der Waals surface area contributed by atoms with Crippen LogP contribution in [0.3, 0.4) is 0 Å². The fourth-order valence-electron chi connectivity index (χ4n) is 3.87. The Morgan fingerprint density at radius 1 is 1.25 bits per heavy atom. The third-order valence-electron chi connectivity index (χ3n) is 5.55. The third kappa shape index (κ3) is 5.00. The molecule has 2 amide bonds. The van der Waals surface area contributed by atoms with Crippen LogP contribution in [0.1, 0.15) is 10.4 Å². The molecule has 0 spiro atoms. The minimum Gasteiger partial charge on any atom is -0.496 e. The van der Waals surface area contributed by atoms with E-state index >= 15 is 0 Å². The summed E-state index contributed by atoms with van der Waals surface area (Å²) in [5, 5.41) is 13.9. The lowest BCUT2D eigenvalue weighted by Gasteiger charge is -2.26. The number of hydrogen-bond donors (Lipinski definition) is 2. The predicted octanol–water partition coefficient (Wildman–Crippen LogP) is 1.87. The highest BCUT2D eigenvalue weighted by Gasteiger charge is 2.22. The van der Waals surface area contributed by atoms with Crippen LogP contribution in [-0.2, 0) is 16.1 Å². The number of nitrogens with one attached hydrogen (secondary N) is 2. The molecule has 1 aliphatic heterocycles. The number of nitrogens with zero attached hydrogens (tertiary/aromatic N) is 6. The first-order valence-electron chi connectivity index (χ1n) is 11.1. The second-order valence-electron chi connectivity index (χ2n) is 7.97. The molecule has 1 saturated heterocycles. The maximum atomic E-state index is 13.2. The molecule has 12 nitrogen and oxygen atoms in total. The van der Waals surface area contributed by atoms with Crippen LogP contribution >= 0.6 is 11.6 Å². The smallest absolute Gasteiger partial charge is 0.261 e. The highest BCUT2D eigenvalue weighted by molar-refractivity contribution is 6.31. The maximum absolute atomic E-state index is 13.2. The molecule has 3 aromatic heterocycles. The van der Waals surface area contributed by atoms with Crippen molar-refractivity contribution in [3.63, 3.8) is 0 Å². The second kappa shape index (κ2) is 10.3. The van der Waals surface area contributed by atoms with E-state index in [2.05, 4.69) is 25.9 Å². The largest absolute Gasteiger partial charge is 0.496 e. The van der Waals surface area contributed by atoms with Gasteiger partial charge in [-0.15, -0.1) is 0 Å². The van der Waals surface area contributed by atoms with Gasteiger partial charge in [0.25, 0.3) is 11.8 Å². The highest BCUT2D eigenvalue weighted by Crippen LogP contribution is 2.36. The summed E-state index contributed by atoms with van der Waals surface area (Å²) in [5.41, 5.74) is 4.88. The number of benzene rings is 1. The molecule has 0 saturated carbocycles. The number of hydrazine groups is 1. The van der Waals surface area contributed by atoms with E-state index in [1.807, 2.05) is 0 Å². The van der Waals surface area contributed by atoms with Crippen molar-refractivity contribution in [3.8, 4) is 17.0 Å². The zero-order valence-electron chi connectivity index (χ0n) is 19.3. The Balaban J connectivity index is 1.46. The number of aromatic nitrogens is 5. The average Bonchev–Trinajstić information content (AvgIpc) is 3.48. The zero-order valence-corrected chi connectivity index (χ0v) is 20.1. The molecule has 186 valence electrons. The van der Waals surface area contributed by atoms with Gasteiger partial charge in [0.2, 0.25) is 0 Å². The number of carbonyl (C=O) groups excluding carboxylic acids is 2. The van der Waals surface area contributed by atoms with Gasteiger partial charge in [0, 0.05) is 42.3 Å². The van der Waals surface area contributed by atoms with E-state index in [1.54, 1.807) is 47.9 Å². The Kier molecular flexibility index (Phi) is 6.80. The number of anilines is 1. The molecule has 13 heteroatoms. The number of rotatable bonds is 7. The fourth-order valence-corrected chi connectivity index (χ4v) is 4.04. The van der Waals surface area contributed by atoms with E-state index < -0.39 is 5.91 Å². The van der Waals surface area contributed by atoms with Crippen LogP contribution in [0.2, 0.25) is 5.02 Å². The van der Waals surface area contributed by atoms with Crippen molar-refractivity contribution in [2.24, 2.45) is 0 Å². The second-order valence-corrected chi connectivity index (χ2v) is 8.40. The van der Waals surface area contributed by atoms with Crippen molar-refractivity contribution in [2.75, 3.05) is 38.7 Å². The molecule has 4 heterocycles. The molecule has 0 unspecified atom stereocenters. The van der Waals surface area contributed by atoms with Gasteiger partial charge in [-0.05, 0) is 24.3 Å². The standard InChI is InChI=1S/C23H23ClN8O4/c1-35-19-4-3-15(24)11-16(19)21-18(27-23(34)17-12-26-32-6-2-5-25-22(17)32)13-31(29-21)14-20(33)28-30-7-9-36-10-8-30/h2-6,11-13H,7-10,14H2,1H3,(H,27,34)(H,28,33). The van der Waals surface area contributed by atoms with Crippen LogP contribution < -0.4 is 15.5 Å². The number of morpholine rings is 1. The molecule has 1 fully saturated rings. The summed E-state index contributed by atoms with van der Waals surface area (Å²) in [5.74, 6) is -0.174. The maximum Gasteiger partial charge on any atom is 0.261 e. The Bertz CT molecular complexity index is 1410. The Hall–Kier alpha value is -4.00. The lowest BCUT2D eigenvalue weighted by atomic mass is 10.1. The summed E-state index contributed by atoms with van der Waals surface area (Å²) in [6.07, 6.45) is 6.32. The SMILES string of the molecule is COc1ccc(Cl)cc1-c1nn(CC(=O)NN2CCOCC2)cc1NC(=O)c1cnn2cccnc12. The van der Waals surface area contributed by atoms with Gasteiger partial charge in [0.05, 0.1) is 32.2 Å². The molecule has 1 aromatic carbocycles. The van der Waals surface area contributed by atoms with E-state index in [9.17, 15) is 9.59 Å². The number of amides is 2. The Morgan fingerprint density at radius 3 is 2.89 bits per heavy atom. The molecular formula is C23H23ClN8O4. The Labute approximate surface area is 210 Å². The summed E-state index contributed by atoms with van der Waals surface area (Å²) in [6, 6.07) is 6.81. The number of hydrogen-bond acceptors (Lipinski definition) is 8. The van der Waals surface area contributed by atoms with Gasteiger partial charge >= 0.3 is 0 Å². The van der Waals surface area contributed by atoms with Crippen molar-refractivity contribution < 1.29 is 19.1 Å². The van der Waals surface area contributed by atoms with Gasteiger partial charge in [-0.3, -0.25) is 19.7 Å². The number of ether oxygens (including phenoxy) is 2. The van der Waals surface area contributed by atoms with Gasteiger partial charge in [-0.25, -0.2) is 14.5 Å². The number of carbonyl (C=O) groups is 2. The number of methoxy groups -OCH3 is 1. The molecule has 5 rings (SSSR count). The van der Waals surface area contributed by atoms with Crippen LogP contribution in [0.5, 0.6) is 5.75 Å². The molecule has 0 bridgehead atoms. The molecule has 0 atom stereocenters. The van der Waals surface area contributed by atoms with Crippen LogP contribution in [0.25, 0.3) is 16.9 Å². The topological polar surface area (TPSA) is 128 Å². The van der Waals surface area contributed by atoms with Gasteiger partial charge in [-0.2, -0.15) is 10.2 Å². The van der Waals surface area contributed by atoms with E-state index in [0.717, 1.165) is 0 Å². The van der Waals surface area contributed by atoms with Crippen molar-refractivity contribution in [1.82, 2.24) is 34.8 Å². The van der Waals surface area contributed by atoms with Crippen LogP contribution in [0.15, 0.2) is 49.1 Å². The summed E-state index contributed by atoms with van der Waals surface area (Å²) < 4.78 is 13.8. The molecule has 1 aliphatic rings. The van der Waals surface area contributed by atoms with E-state index in [0.29, 0.717) is 59.7 Å². The third-order valence-corrected chi connectivity index (χ3v) is 5.79. The van der Waals surface area contributed by atoms with Gasteiger partial charge in [0.1, 0.15) is 23.6 Å². The van der Waals surface area contributed by atoms with E-state index in [4.69, 9.17) is 21.1 Å². The van der Waals surface area contributed by atoms with Gasteiger partial charge in [0.15, 0.2) is 5.65 Å². The normalized spacial score (nSPS) is 14.1. The summed E-state index contributed by atoms with van der Waals surface area (Å²) in [7, 11) is 1.53. The first kappa shape index (κ1) is 23.7. The van der Waals surface area contributed by atoms with E-state index in [1.165, 1.54) is 22.5 Å². The van der Waals surface area contributed by atoms with Crippen molar-refractivity contribution in [1.29, 1.82) is 0 Å². The van der Waals surface area contributed by atoms with Crippen LogP contribution in [0, 0.1) is 0 Å². The average molecular weight is 511 g/mol. The molecule has 0 radical (unpaired) electrons. The number of fused-ring (bicyclic) bond motifs is 1. The highest BCUT2D eigenvalue weighted by atomic mass is 35.5. The molecule has 4 aromatic rings. The van der Waals surface area contributed by atoms with Gasteiger partial charge < -0.3 is 14.8 Å². The molecule has 0 aliphatic carbocycles. The van der Waals surface area contributed by atoms with Crippen molar-refractivity contribution >= 4 is 34.7 Å². The lowest BCUT2D eigenvalue weighted by molar-refractivity contribution is -0.128. The monoisotopic (exact) mass is 510 g/mol. The lowest BCUT2D eigenvalue weighted by Crippen LogP contribution is -2.49. The first-order chi connectivity index (χ1) is 17.5. The number of halogens is 1. The van der Waals surface area contributed by atoms with E-state index in [-0.39, 0.29) is 18.0 Å².